The highest BCUT2D eigenvalue weighted by Gasteiger charge is 2.22. The van der Waals surface area contributed by atoms with Crippen LogP contribution in [0.3, 0.4) is 0 Å². The number of benzene rings is 3. The van der Waals surface area contributed by atoms with Gasteiger partial charge in [0.2, 0.25) is 0 Å². The number of carbonyl (C=O) groups excluding carboxylic acids is 2. The van der Waals surface area contributed by atoms with Gasteiger partial charge in [-0.25, -0.2) is 10.2 Å². The van der Waals surface area contributed by atoms with Gasteiger partial charge in [-0.3, -0.25) is 4.79 Å². The van der Waals surface area contributed by atoms with E-state index in [1.807, 2.05) is 37.3 Å². The third-order valence-electron chi connectivity index (χ3n) is 5.07. The number of hydrogen-bond donors (Lipinski definition) is 3. The minimum Gasteiger partial charge on any atom is -0.508 e. The van der Waals surface area contributed by atoms with Crippen LogP contribution in [0.25, 0.3) is 0 Å². The van der Waals surface area contributed by atoms with Crippen molar-refractivity contribution >= 4 is 18.2 Å². The number of phenolic OH excluding ortho intramolecular Hbond substituents is 1. The van der Waals surface area contributed by atoms with Crippen LogP contribution in [0.2, 0.25) is 0 Å². The number of hydrogen-bond acceptors (Lipinski definition) is 7. The van der Waals surface area contributed by atoms with Crippen molar-refractivity contribution in [3.05, 3.63) is 89.5 Å². The lowest BCUT2D eigenvalue weighted by Crippen LogP contribution is -2.47. The molecule has 0 radical (unpaired) electrons. The number of hydrazone groups is 1. The summed E-state index contributed by atoms with van der Waals surface area (Å²) in [4.78, 5) is 25.3. The topological polar surface area (TPSA) is 118 Å². The maximum atomic E-state index is 12.9. The fourth-order valence-corrected chi connectivity index (χ4v) is 3.27. The average molecular weight is 492 g/mol. The summed E-state index contributed by atoms with van der Waals surface area (Å²) in [5.74, 6) is 0.716. The Morgan fingerprint density at radius 3 is 2.44 bits per heavy atom. The van der Waals surface area contributed by atoms with Crippen LogP contribution in [0.1, 0.15) is 23.6 Å². The molecule has 0 aromatic heterocycles. The van der Waals surface area contributed by atoms with Gasteiger partial charge in [0.1, 0.15) is 18.4 Å². The van der Waals surface area contributed by atoms with E-state index in [4.69, 9.17) is 14.2 Å². The zero-order valence-corrected chi connectivity index (χ0v) is 20.1. The third kappa shape index (κ3) is 8.05. The first-order chi connectivity index (χ1) is 17.5. The van der Waals surface area contributed by atoms with Crippen LogP contribution >= 0.6 is 0 Å². The molecule has 1 atom stereocenters. The number of carbonyl (C=O) groups is 2. The smallest absolute Gasteiger partial charge is 0.408 e. The molecule has 0 aliphatic rings. The summed E-state index contributed by atoms with van der Waals surface area (Å²) >= 11 is 0. The van der Waals surface area contributed by atoms with Gasteiger partial charge >= 0.3 is 6.09 Å². The number of amides is 2. The lowest BCUT2D eigenvalue weighted by Gasteiger charge is -2.17. The molecule has 3 aromatic rings. The summed E-state index contributed by atoms with van der Waals surface area (Å²) in [6.45, 7) is 2.41. The molecular formula is C27H29N3O6. The second-order valence-corrected chi connectivity index (χ2v) is 7.71. The predicted octanol–water partition coefficient (Wildman–Crippen LogP) is 3.79. The van der Waals surface area contributed by atoms with E-state index in [1.165, 1.54) is 18.3 Å². The Balaban J connectivity index is 1.66. The molecule has 9 nitrogen and oxygen atoms in total. The molecule has 0 saturated carbocycles. The normalized spacial score (nSPS) is 11.5. The summed E-state index contributed by atoms with van der Waals surface area (Å²) in [5, 5.41) is 16.1. The first kappa shape index (κ1) is 26.1. The molecule has 9 heteroatoms. The van der Waals surface area contributed by atoms with E-state index >= 15 is 0 Å². The van der Waals surface area contributed by atoms with Crippen LogP contribution in [0, 0.1) is 0 Å². The first-order valence-corrected chi connectivity index (χ1v) is 11.4. The molecule has 3 rings (SSSR count). The molecule has 1 unspecified atom stereocenters. The largest absolute Gasteiger partial charge is 0.508 e. The highest BCUT2D eigenvalue weighted by atomic mass is 16.5. The van der Waals surface area contributed by atoms with Crippen molar-refractivity contribution in [2.75, 3.05) is 13.7 Å². The monoisotopic (exact) mass is 491 g/mol. The molecule has 188 valence electrons. The second-order valence-electron chi connectivity index (χ2n) is 7.71. The summed E-state index contributed by atoms with van der Waals surface area (Å²) in [5.41, 5.74) is 4.70. The average Bonchev–Trinajstić information content (AvgIpc) is 2.89. The fourth-order valence-electron chi connectivity index (χ4n) is 3.27. The SMILES string of the molecule is CCOc1cc(C=NNC(=O)C(Cc2ccc(O)cc2)NC(=O)OCc2ccccc2)ccc1OC. The zero-order valence-electron chi connectivity index (χ0n) is 20.1. The summed E-state index contributed by atoms with van der Waals surface area (Å²) in [6, 6.07) is 19.9. The second kappa shape index (κ2) is 13.4. The molecule has 3 N–H and O–H groups in total. The molecule has 0 spiro atoms. The molecule has 2 amide bonds. The predicted molar refractivity (Wildman–Crippen MR) is 135 cm³/mol. The van der Waals surface area contributed by atoms with Gasteiger partial charge in [-0.05, 0) is 53.9 Å². The fraction of sp³-hybridized carbons (Fsp3) is 0.222. The number of phenols is 1. The Bertz CT molecular complexity index is 1170. The molecule has 3 aromatic carbocycles. The number of nitrogens with zero attached hydrogens (tertiary/aromatic N) is 1. The minimum atomic E-state index is -0.968. The van der Waals surface area contributed by atoms with Crippen LogP contribution in [0.15, 0.2) is 77.9 Å². The summed E-state index contributed by atoms with van der Waals surface area (Å²) in [6.07, 6.45) is 0.892. The van der Waals surface area contributed by atoms with Gasteiger partial charge in [0, 0.05) is 6.42 Å². The van der Waals surface area contributed by atoms with Crippen LogP contribution in [-0.4, -0.2) is 43.1 Å². The standard InChI is InChI=1S/C27H29N3O6/c1-3-35-25-16-21(11-14-24(25)34-2)17-28-30-26(32)23(15-19-9-12-22(31)13-10-19)29-27(33)36-18-20-7-5-4-6-8-20/h4-14,16-17,23,31H,3,15,18H2,1-2H3,(H,29,33)(H,30,32). The zero-order chi connectivity index (χ0) is 25.8. The lowest BCUT2D eigenvalue weighted by atomic mass is 10.1. The van der Waals surface area contributed by atoms with E-state index in [0.29, 0.717) is 23.7 Å². The molecule has 0 bridgehead atoms. The Morgan fingerprint density at radius 1 is 1.00 bits per heavy atom. The van der Waals surface area contributed by atoms with Gasteiger partial charge in [-0.2, -0.15) is 5.10 Å². The number of rotatable bonds is 11. The van der Waals surface area contributed by atoms with Crippen LogP contribution in [0.4, 0.5) is 4.79 Å². The summed E-state index contributed by atoms with van der Waals surface area (Å²) in [7, 11) is 1.55. The molecule has 0 saturated heterocycles. The Hall–Kier alpha value is -4.53. The molecule has 0 aliphatic heterocycles. The van der Waals surface area contributed by atoms with E-state index in [9.17, 15) is 14.7 Å². The van der Waals surface area contributed by atoms with Gasteiger partial charge in [-0.15, -0.1) is 0 Å². The van der Waals surface area contributed by atoms with Crippen LogP contribution < -0.4 is 20.2 Å². The Morgan fingerprint density at radius 2 is 1.75 bits per heavy atom. The number of alkyl carbamates (subject to hydrolysis) is 1. The van der Waals surface area contributed by atoms with Crippen LogP contribution in [0.5, 0.6) is 17.2 Å². The van der Waals surface area contributed by atoms with Gasteiger partial charge in [0.05, 0.1) is 19.9 Å². The van der Waals surface area contributed by atoms with Gasteiger partial charge < -0.3 is 24.6 Å². The molecule has 36 heavy (non-hydrogen) atoms. The van der Waals surface area contributed by atoms with Crippen molar-refractivity contribution in [3.8, 4) is 17.2 Å². The Labute approximate surface area is 209 Å². The molecule has 0 fully saturated rings. The van der Waals surface area contributed by atoms with Crippen LogP contribution in [-0.2, 0) is 22.6 Å². The lowest BCUT2D eigenvalue weighted by molar-refractivity contribution is -0.123. The van der Waals surface area contributed by atoms with Gasteiger partial charge in [-0.1, -0.05) is 42.5 Å². The van der Waals surface area contributed by atoms with Crippen molar-refractivity contribution in [1.29, 1.82) is 0 Å². The van der Waals surface area contributed by atoms with Gasteiger partial charge in [0.15, 0.2) is 11.5 Å². The van der Waals surface area contributed by atoms with Crippen molar-refractivity contribution in [2.24, 2.45) is 5.10 Å². The highest BCUT2D eigenvalue weighted by Crippen LogP contribution is 2.27. The summed E-state index contributed by atoms with van der Waals surface area (Å²) < 4.78 is 16.1. The molecule has 0 heterocycles. The van der Waals surface area contributed by atoms with E-state index in [-0.39, 0.29) is 18.8 Å². The van der Waals surface area contributed by atoms with Crippen molar-refractivity contribution in [3.63, 3.8) is 0 Å². The van der Waals surface area contributed by atoms with Crippen molar-refractivity contribution in [2.45, 2.75) is 26.0 Å². The van der Waals surface area contributed by atoms with E-state index < -0.39 is 18.0 Å². The quantitative estimate of drug-likeness (QED) is 0.277. The number of nitrogens with one attached hydrogen (secondary N) is 2. The number of aromatic hydroxyl groups is 1. The number of ether oxygens (including phenoxy) is 3. The number of methoxy groups -OCH3 is 1. The third-order valence-corrected chi connectivity index (χ3v) is 5.07. The first-order valence-electron chi connectivity index (χ1n) is 11.4. The van der Waals surface area contributed by atoms with E-state index in [2.05, 4.69) is 15.8 Å². The maximum absolute atomic E-state index is 12.9. The van der Waals surface area contributed by atoms with Gasteiger partial charge in [0.25, 0.3) is 5.91 Å². The molecule has 0 aliphatic carbocycles. The highest BCUT2D eigenvalue weighted by molar-refractivity contribution is 5.87. The molecular weight excluding hydrogens is 462 g/mol. The van der Waals surface area contributed by atoms with Crippen molar-refractivity contribution in [1.82, 2.24) is 10.7 Å². The minimum absolute atomic E-state index is 0.0675. The van der Waals surface area contributed by atoms with E-state index in [0.717, 1.165) is 11.1 Å². The maximum Gasteiger partial charge on any atom is 0.408 e. The Kier molecular flexibility index (Phi) is 9.69. The van der Waals surface area contributed by atoms with Crippen molar-refractivity contribution < 1.29 is 28.9 Å². The van der Waals surface area contributed by atoms with E-state index in [1.54, 1.807) is 37.4 Å².